The van der Waals surface area contributed by atoms with Crippen LogP contribution >= 0.6 is 7.26 Å². The van der Waals surface area contributed by atoms with Crippen molar-refractivity contribution in [1.29, 1.82) is 0 Å². The maximum absolute atomic E-state index is 10.9. The van der Waals surface area contributed by atoms with Crippen LogP contribution in [0, 0.1) is 0 Å². The predicted octanol–water partition coefficient (Wildman–Crippen LogP) is 1.37. The van der Waals surface area contributed by atoms with E-state index in [1.807, 2.05) is 24.3 Å². The summed E-state index contributed by atoms with van der Waals surface area (Å²) in [4.78, 5) is 1.81. The highest BCUT2D eigenvalue weighted by Crippen LogP contribution is 2.56. The number of aliphatic hydroxyl groups excluding tert-OH is 2. The summed E-state index contributed by atoms with van der Waals surface area (Å²) in [5.41, 5.74) is 1.61. The summed E-state index contributed by atoms with van der Waals surface area (Å²) in [5, 5.41) is 25.8. The minimum Gasteiger partial charge on any atom is -1.00 e. The first-order valence-electron chi connectivity index (χ1n) is 11.5. The first-order chi connectivity index (χ1) is 16.2. The zero-order chi connectivity index (χ0) is 22.7. The number of rotatable bonds is 7. The van der Waals surface area contributed by atoms with Crippen LogP contribution in [-0.4, -0.2) is 27.8 Å². The molecule has 3 nitrogen and oxygen atoms in total. The maximum atomic E-state index is 10.9. The van der Waals surface area contributed by atoms with E-state index in [0.29, 0.717) is 6.54 Å². The SMILES string of the molecule is OC1c2ccccc2C(O)N1CCC[P+](c1ccccc1)(c1ccccc1)c1ccccc1.[Br-]. The third-order valence-corrected chi connectivity index (χ3v) is 11.2. The molecule has 2 unspecified atom stereocenters. The highest BCUT2D eigenvalue weighted by atomic mass is 79.9. The summed E-state index contributed by atoms with van der Waals surface area (Å²) in [7, 11) is -1.91. The second-order valence-electron chi connectivity index (χ2n) is 8.51. The summed E-state index contributed by atoms with van der Waals surface area (Å²) in [6.45, 7) is 0.616. The lowest BCUT2D eigenvalue weighted by atomic mass is 10.1. The zero-order valence-electron chi connectivity index (χ0n) is 18.9. The molecule has 2 atom stereocenters. The lowest BCUT2D eigenvalue weighted by Gasteiger charge is -2.29. The molecule has 174 valence electrons. The molecule has 0 amide bonds. The molecular formula is C29H29BrNO2P. The van der Waals surface area contributed by atoms with Gasteiger partial charge >= 0.3 is 0 Å². The summed E-state index contributed by atoms with van der Waals surface area (Å²) in [5.74, 6) is 0. The van der Waals surface area contributed by atoms with Gasteiger partial charge in [0.1, 0.15) is 35.6 Å². The molecule has 0 saturated heterocycles. The van der Waals surface area contributed by atoms with Crippen molar-refractivity contribution in [2.24, 2.45) is 0 Å². The van der Waals surface area contributed by atoms with E-state index in [9.17, 15) is 10.2 Å². The Kier molecular flexibility index (Phi) is 7.98. The van der Waals surface area contributed by atoms with Crippen molar-refractivity contribution < 1.29 is 27.2 Å². The van der Waals surface area contributed by atoms with Crippen LogP contribution in [-0.2, 0) is 0 Å². The first kappa shape index (κ1) is 24.8. The molecule has 1 aliphatic rings. The second-order valence-corrected chi connectivity index (χ2v) is 12.1. The van der Waals surface area contributed by atoms with Gasteiger partial charge in [0.05, 0.1) is 6.16 Å². The summed E-state index contributed by atoms with van der Waals surface area (Å²) in [6, 6.07) is 40.1. The molecule has 0 bridgehead atoms. The van der Waals surface area contributed by atoms with Crippen LogP contribution in [0.1, 0.15) is 30.0 Å². The summed E-state index contributed by atoms with van der Waals surface area (Å²) >= 11 is 0. The Morgan fingerprint density at radius 2 is 0.912 bits per heavy atom. The van der Waals surface area contributed by atoms with Crippen molar-refractivity contribution in [1.82, 2.24) is 4.90 Å². The van der Waals surface area contributed by atoms with Gasteiger partial charge in [0.25, 0.3) is 0 Å². The van der Waals surface area contributed by atoms with E-state index < -0.39 is 19.7 Å². The largest absolute Gasteiger partial charge is 1.00 e. The monoisotopic (exact) mass is 533 g/mol. The normalized spacial score (nSPS) is 17.7. The van der Waals surface area contributed by atoms with Crippen LogP contribution in [0.5, 0.6) is 0 Å². The topological polar surface area (TPSA) is 43.7 Å². The predicted molar refractivity (Wildman–Crippen MR) is 138 cm³/mol. The fraction of sp³-hybridized carbons (Fsp3) is 0.172. The van der Waals surface area contributed by atoms with E-state index in [4.69, 9.17) is 0 Å². The molecule has 0 spiro atoms. The van der Waals surface area contributed by atoms with E-state index in [2.05, 4.69) is 91.0 Å². The second kappa shape index (κ2) is 10.9. The van der Waals surface area contributed by atoms with Crippen LogP contribution in [0.2, 0.25) is 0 Å². The van der Waals surface area contributed by atoms with Gasteiger partial charge in [-0.05, 0) is 42.8 Å². The van der Waals surface area contributed by atoms with Gasteiger partial charge in [-0.15, -0.1) is 0 Å². The molecule has 5 rings (SSSR count). The number of benzene rings is 4. The highest BCUT2D eigenvalue weighted by Gasteiger charge is 2.45. The quantitative estimate of drug-likeness (QED) is 0.353. The molecule has 0 saturated carbocycles. The van der Waals surface area contributed by atoms with Crippen LogP contribution in [0.4, 0.5) is 0 Å². The number of hydrogen-bond donors (Lipinski definition) is 2. The Morgan fingerprint density at radius 1 is 0.559 bits per heavy atom. The number of halogens is 1. The first-order valence-corrected chi connectivity index (χ1v) is 13.4. The molecule has 34 heavy (non-hydrogen) atoms. The van der Waals surface area contributed by atoms with Gasteiger partial charge in [0.2, 0.25) is 0 Å². The lowest BCUT2D eigenvalue weighted by Crippen LogP contribution is -3.00. The molecule has 0 radical (unpaired) electrons. The van der Waals surface area contributed by atoms with E-state index >= 15 is 0 Å². The number of fused-ring (bicyclic) bond motifs is 1. The molecule has 4 aromatic carbocycles. The van der Waals surface area contributed by atoms with Gasteiger partial charge in [0.15, 0.2) is 0 Å². The van der Waals surface area contributed by atoms with Crippen molar-refractivity contribution in [3.05, 3.63) is 126 Å². The van der Waals surface area contributed by atoms with Gasteiger partial charge in [-0.2, -0.15) is 0 Å². The fourth-order valence-electron chi connectivity index (χ4n) is 5.09. The average Bonchev–Trinajstić information content (AvgIpc) is 3.13. The third kappa shape index (κ3) is 4.49. The molecule has 5 heteroatoms. The van der Waals surface area contributed by atoms with Crippen molar-refractivity contribution in [3.63, 3.8) is 0 Å². The van der Waals surface area contributed by atoms with Crippen molar-refractivity contribution >= 4 is 23.2 Å². The molecule has 4 aromatic rings. The standard InChI is InChI=1S/C29H29NO2P.BrH/c31-28-26-19-10-11-20-27(26)29(32)30(28)21-12-22-33(23-13-4-1-5-14-23,24-15-6-2-7-16-24)25-17-8-3-9-18-25;/h1-11,13-20,28-29,31-32H,12,21-22H2;1H/q+1;/p-1. The van der Waals surface area contributed by atoms with Gasteiger partial charge in [-0.1, -0.05) is 78.9 Å². The number of nitrogens with zero attached hydrogens (tertiary/aromatic N) is 1. The van der Waals surface area contributed by atoms with Gasteiger partial charge in [0, 0.05) is 17.7 Å². The number of hydrogen-bond acceptors (Lipinski definition) is 3. The molecule has 1 aliphatic heterocycles. The van der Waals surface area contributed by atoms with E-state index in [1.165, 1.54) is 15.9 Å². The maximum Gasteiger partial charge on any atom is 0.136 e. The lowest BCUT2D eigenvalue weighted by molar-refractivity contribution is -0.0838. The minimum absolute atomic E-state index is 0. The summed E-state index contributed by atoms with van der Waals surface area (Å²) < 4.78 is 0. The number of aliphatic hydroxyl groups is 2. The average molecular weight is 534 g/mol. The van der Waals surface area contributed by atoms with Gasteiger partial charge in [-0.3, -0.25) is 0 Å². The van der Waals surface area contributed by atoms with Crippen LogP contribution < -0.4 is 32.9 Å². The Hall–Kier alpha value is -2.33. The van der Waals surface area contributed by atoms with E-state index in [1.54, 1.807) is 4.90 Å². The Bertz CT molecular complexity index is 1060. The molecule has 2 N–H and O–H groups in total. The third-order valence-electron chi connectivity index (χ3n) is 6.68. The molecule has 1 heterocycles. The fourth-order valence-corrected chi connectivity index (χ4v) is 9.42. The van der Waals surface area contributed by atoms with Crippen molar-refractivity contribution in [3.8, 4) is 0 Å². The molecule has 0 aliphatic carbocycles. The van der Waals surface area contributed by atoms with E-state index in [0.717, 1.165) is 23.7 Å². The molecule has 0 aromatic heterocycles. The van der Waals surface area contributed by atoms with Crippen LogP contribution in [0.3, 0.4) is 0 Å². The molecule has 0 fully saturated rings. The van der Waals surface area contributed by atoms with Crippen molar-refractivity contribution in [2.75, 3.05) is 12.7 Å². The zero-order valence-corrected chi connectivity index (χ0v) is 21.4. The Balaban J connectivity index is 0.00000274. The Labute approximate surface area is 212 Å². The van der Waals surface area contributed by atoms with Gasteiger partial charge < -0.3 is 27.2 Å². The van der Waals surface area contributed by atoms with Crippen LogP contribution in [0.15, 0.2) is 115 Å². The summed E-state index contributed by atoms with van der Waals surface area (Å²) in [6.07, 6.45) is 0.273. The van der Waals surface area contributed by atoms with Crippen LogP contribution in [0.25, 0.3) is 0 Å². The van der Waals surface area contributed by atoms with Gasteiger partial charge in [-0.25, -0.2) is 4.90 Å². The highest BCUT2D eigenvalue weighted by molar-refractivity contribution is 7.95. The Morgan fingerprint density at radius 3 is 1.29 bits per heavy atom. The van der Waals surface area contributed by atoms with E-state index in [-0.39, 0.29) is 17.0 Å². The van der Waals surface area contributed by atoms with Crippen molar-refractivity contribution in [2.45, 2.75) is 18.9 Å². The molecular weight excluding hydrogens is 505 g/mol. The smallest absolute Gasteiger partial charge is 0.136 e. The minimum atomic E-state index is -1.91.